The minimum atomic E-state index is -0.498. The van der Waals surface area contributed by atoms with Crippen LogP contribution in [-0.2, 0) is 0 Å². The van der Waals surface area contributed by atoms with Crippen molar-refractivity contribution >= 4 is 23.3 Å². The molecule has 0 spiro atoms. The molecule has 0 saturated carbocycles. The highest BCUT2D eigenvalue weighted by Crippen LogP contribution is 2.17. The number of pyridine rings is 1. The van der Waals surface area contributed by atoms with Gasteiger partial charge in [-0.25, -0.2) is 4.68 Å². The van der Waals surface area contributed by atoms with Gasteiger partial charge in [0.1, 0.15) is 11.4 Å². The quantitative estimate of drug-likeness (QED) is 0.776. The number of anilines is 1. The fourth-order valence-corrected chi connectivity index (χ4v) is 2.25. The van der Waals surface area contributed by atoms with E-state index in [4.69, 9.17) is 11.6 Å². The van der Waals surface area contributed by atoms with Crippen LogP contribution in [-0.4, -0.2) is 20.7 Å². The van der Waals surface area contributed by atoms with Crippen molar-refractivity contribution in [3.8, 4) is 5.69 Å². The molecule has 0 unspecified atom stereocenters. The molecule has 6 nitrogen and oxygen atoms in total. The Balaban J connectivity index is 1.89. The Labute approximate surface area is 136 Å². The Bertz CT molecular complexity index is 912. The summed E-state index contributed by atoms with van der Waals surface area (Å²) in [5.74, 6) is -0.0424. The Morgan fingerprint density at radius 1 is 1.17 bits per heavy atom. The second kappa shape index (κ2) is 6.10. The maximum atomic E-state index is 12.3. The maximum Gasteiger partial charge on any atom is 0.262 e. The van der Waals surface area contributed by atoms with Gasteiger partial charge in [-0.15, -0.1) is 0 Å². The number of carbonyl (C=O) groups is 1. The first-order valence-corrected chi connectivity index (χ1v) is 7.23. The van der Waals surface area contributed by atoms with Crippen LogP contribution in [0.25, 0.3) is 5.69 Å². The molecule has 1 aromatic carbocycles. The molecule has 0 atom stereocenters. The number of aromatic nitrogens is 3. The Morgan fingerprint density at radius 2 is 1.91 bits per heavy atom. The Kier molecular flexibility index (Phi) is 3.99. The summed E-state index contributed by atoms with van der Waals surface area (Å²) in [7, 11) is 0. The summed E-state index contributed by atoms with van der Waals surface area (Å²) in [6.07, 6.45) is 1.56. The van der Waals surface area contributed by atoms with Gasteiger partial charge in [-0.05, 0) is 43.3 Å². The molecule has 0 fully saturated rings. The van der Waals surface area contributed by atoms with E-state index in [9.17, 15) is 9.59 Å². The molecule has 116 valence electrons. The molecule has 2 heterocycles. The number of amides is 1. The van der Waals surface area contributed by atoms with Crippen molar-refractivity contribution in [3.63, 3.8) is 0 Å². The van der Waals surface area contributed by atoms with E-state index in [-0.39, 0.29) is 5.56 Å². The van der Waals surface area contributed by atoms with E-state index in [1.165, 1.54) is 6.07 Å². The zero-order valence-electron chi connectivity index (χ0n) is 12.2. The number of aryl methyl sites for hydroxylation is 1. The molecule has 1 amide bonds. The highest BCUT2D eigenvalue weighted by Gasteiger charge is 2.13. The van der Waals surface area contributed by atoms with Gasteiger partial charge in [-0.1, -0.05) is 11.6 Å². The summed E-state index contributed by atoms with van der Waals surface area (Å²) in [5.41, 5.74) is 1.05. The van der Waals surface area contributed by atoms with Crippen LogP contribution in [0.15, 0.2) is 53.5 Å². The molecule has 0 bridgehead atoms. The molecule has 0 saturated heterocycles. The van der Waals surface area contributed by atoms with Crippen LogP contribution in [0.2, 0.25) is 5.02 Å². The zero-order valence-corrected chi connectivity index (χ0v) is 13.0. The number of hydrogen-bond acceptors (Lipinski definition) is 3. The van der Waals surface area contributed by atoms with Crippen LogP contribution in [0.1, 0.15) is 16.1 Å². The van der Waals surface area contributed by atoms with Gasteiger partial charge in [0.2, 0.25) is 0 Å². The molecule has 0 aliphatic heterocycles. The molecule has 0 radical (unpaired) electrons. The summed E-state index contributed by atoms with van der Waals surface area (Å²) in [5, 5.41) is 7.47. The van der Waals surface area contributed by atoms with Gasteiger partial charge in [0, 0.05) is 16.8 Å². The molecule has 3 rings (SSSR count). The lowest BCUT2D eigenvalue weighted by Crippen LogP contribution is -2.24. The van der Waals surface area contributed by atoms with Gasteiger partial charge in [0.15, 0.2) is 0 Å². The predicted molar refractivity (Wildman–Crippen MR) is 88.3 cm³/mol. The van der Waals surface area contributed by atoms with Crippen molar-refractivity contribution < 1.29 is 4.79 Å². The lowest BCUT2D eigenvalue weighted by Gasteiger charge is -2.09. The van der Waals surface area contributed by atoms with E-state index in [0.717, 1.165) is 5.69 Å². The van der Waals surface area contributed by atoms with Gasteiger partial charge in [-0.3, -0.25) is 9.59 Å². The largest absolute Gasteiger partial charge is 0.326 e. The second-order valence-corrected chi connectivity index (χ2v) is 5.38. The van der Waals surface area contributed by atoms with E-state index in [2.05, 4.69) is 15.4 Å². The molecular formula is C16H13ClN4O2. The van der Waals surface area contributed by atoms with Crippen molar-refractivity contribution in [2.24, 2.45) is 0 Å². The number of nitrogens with zero attached hydrogens (tertiary/aromatic N) is 2. The standard InChI is InChI=1S/C16H13ClN4O2/c1-10-2-7-13(15(22)19-10)16(23)20-14-8-9-18-21(14)12-5-3-11(17)4-6-12/h2-9H,1H3,(H,19,22)(H,20,23). The van der Waals surface area contributed by atoms with E-state index in [1.54, 1.807) is 54.2 Å². The monoisotopic (exact) mass is 328 g/mol. The molecule has 7 heteroatoms. The van der Waals surface area contributed by atoms with Crippen molar-refractivity contribution in [2.45, 2.75) is 6.92 Å². The van der Waals surface area contributed by atoms with Gasteiger partial charge in [-0.2, -0.15) is 5.10 Å². The fourth-order valence-electron chi connectivity index (χ4n) is 2.12. The Hall–Kier alpha value is -2.86. The third-order valence-corrected chi connectivity index (χ3v) is 3.51. The van der Waals surface area contributed by atoms with Crippen LogP contribution in [0.3, 0.4) is 0 Å². The average Bonchev–Trinajstić information content (AvgIpc) is 2.96. The van der Waals surface area contributed by atoms with Gasteiger partial charge in [0.05, 0.1) is 11.9 Å². The number of rotatable bonds is 3. The van der Waals surface area contributed by atoms with Crippen LogP contribution >= 0.6 is 11.6 Å². The predicted octanol–water partition coefficient (Wildman–Crippen LogP) is 2.77. The molecule has 0 aliphatic rings. The fraction of sp³-hybridized carbons (Fsp3) is 0.0625. The van der Waals surface area contributed by atoms with Crippen molar-refractivity contribution in [2.75, 3.05) is 5.32 Å². The first-order chi connectivity index (χ1) is 11.0. The molecular weight excluding hydrogens is 316 g/mol. The van der Waals surface area contributed by atoms with Gasteiger partial charge >= 0.3 is 0 Å². The van der Waals surface area contributed by atoms with Crippen LogP contribution in [0.5, 0.6) is 0 Å². The lowest BCUT2D eigenvalue weighted by atomic mass is 10.2. The van der Waals surface area contributed by atoms with Gasteiger partial charge < -0.3 is 10.3 Å². The number of H-pyrrole nitrogens is 1. The van der Waals surface area contributed by atoms with Crippen LogP contribution in [0, 0.1) is 6.92 Å². The number of carbonyl (C=O) groups excluding carboxylic acids is 1. The van der Waals surface area contributed by atoms with E-state index in [0.29, 0.717) is 16.5 Å². The average molecular weight is 329 g/mol. The maximum absolute atomic E-state index is 12.3. The van der Waals surface area contributed by atoms with Crippen molar-refractivity contribution in [3.05, 3.63) is 75.3 Å². The summed E-state index contributed by atoms with van der Waals surface area (Å²) < 4.78 is 1.55. The van der Waals surface area contributed by atoms with Crippen molar-refractivity contribution in [1.82, 2.24) is 14.8 Å². The number of halogens is 1. The molecule has 0 aliphatic carbocycles. The lowest BCUT2D eigenvalue weighted by molar-refractivity contribution is 0.102. The minimum Gasteiger partial charge on any atom is -0.326 e. The summed E-state index contributed by atoms with van der Waals surface area (Å²) in [6.45, 7) is 1.75. The highest BCUT2D eigenvalue weighted by molar-refractivity contribution is 6.30. The molecule has 2 N–H and O–H groups in total. The van der Waals surface area contributed by atoms with Crippen LogP contribution in [0.4, 0.5) is 5.82 Å². The molecule has 23 heavy (non-hydrogen) atoms. The Morgan fingerprint density at radius 3 is 2.61 bits per heavy atom. The highest BCUT2D eigenvalue weighted by atomic mass is 35.5. The van der Waals surface area contributed by atoms with Gasteiger partial charge in [0.25, 0.3) is 11.5 Å². The topological polar surface area (TPSA) is 79.8 Å². The second-order valence-electron chi connectivity index (χ2n) is 4.94. The smallest absolute Gasteiger partial charge is 0.262 e. The summed E-state index contributed by atoms with van der Waals surface area (Å²) in [6, 6.07) is 11.8. The normalized spacial score (nSPS) is 10.5. The first-order valence-electron chi connectivity index (χ1n) is 6.86. The van der Waals surface area contributed by atoms with Crippen LogP contribution < -0.4 is 10.9 Å². The van der Waals surface area contributed by atoms with E-state index >= 15 is 0 Å². The third kappa shape index (κ3) is 3.17. The third-order valence-electron chi connectivity index (χ3n) is 3.26. The first kappa shape index (κ1) is 15.1. The zero-order chi connectivity index (χ0) is 16.4. The minimum absolute atomic E-state index is 0.0412. The molecule has 3 aromatic rings. The summed E-state index contributed by atoms with van der Waals surface area (Å²) >= 11 is 5.87. The summed E-state index contributed by atoms with van der Waals surface area (Å²) in [4.78, 5) is 26.7. The number of nitrogens with one attached hydrogen (secondary N) is 2. The number of benzene rings is 1. The number of aromatic amines is 1. The number of hydrogen-bond donors (Lipinski definition) is 2. The SMILES string of the molecule is Cc1ccc(C(=O)Nc2ccnn2-c2ccc(Cl)cc2)c(=O)[nH]1. The van der Waals surface area contributed by atoms with Crippen molar-refractivity contribution in [1.29, 1.82) is 0 Å². The van der Waals surface area contributed by atoms with E-state index in [1.807, 2.05) is 0 Å². The van der Waals surface area contributed by atoms with E-state index < -0.39 is 11.5 Å². The molecule has 2 aromatic heterocycles.